The number of nitrogens with zero attached hydrogens (tertiary/aromatic N) is 7. The number of hydrogen-bond donors (Lipinski definition) is 0. The molecule has 1 amide bonds. The van der Waals surface area contributed by atoms with Gasteiger partial charge in [0.2, 0.25) is 5.91 Å². The van der Waals surface area contributed by atoms with Gasteiger partial charge in [-0.05, 0) is 38.4 Å². The number of anilines is 1. The predicted octanol–water partition coefficient (Wildman–Crippen LogP) is 0.743. The van der Waals surface area contributed by atoms with Crippen molar-refractivity contribution < 1.29 is 4.79 Å². The zero-order valence-electron chi connectivity index (χ0n) is 15.4. The Kier molecular flexibility index (Phi) is 3.63. The molecule has 3 fully saturated rings. The fourth-order valence-electron chi connectivity index (χ4n) is 4.04. The second-order valence-electron chi connectivity index (χ2n) is 7.99. The smallest absolute Gasteiger partial charge is 0.222 e. The molecule has 2 aliphatic heterocycles. The number of fused-ring (bicyclic) bond motifs is 1. The lowest BCUT2D eigenvalue weighted by Crippen LogP contribution is -2.60. The maximum Gasteiger partial charge on any atom is 0.222 e. The monoisotopic (exact) mass is 355 g/mol. The molecule has 3 aliphatic rings. The van der Waals surface area contributed by atoms with Gasteiger partial charge in [0.1, 0.15) is 5.82 Å². The molecule has 8 heteroatoms. The maximum atomic E-state index is 11.7. The van der Waals surface area contributed by atoms with E-state index in [1.54, 1.807) is 0 Å². The zero-order chi connectivity index (χ0) is 17.8. The van der Waals surface area contributed by atoms with Crippen molar-refractivity contribution in [2.45, 2.75) is 43.7 Å². The van der Waals surface area contributed by atoms with Crippen LogP contribution in [0.25, 0.3) is 5.65 Å². The molecule has 26 heavy (non-hydrogen) atoms. The van der Waals surface area contributed by atoms with Crippen LogP contribution in [0.15, 0.2) is 12.1 Å². The third kappa shape index (κ3) is 2.63. The van der Waals surface area contributed by atoms with Crippen LogP contribution in [-0.2, 0) is 4.79 Å². The highest BCUT2D eigenvalue weighted by Crippen LogP contribution is 2.38. The number of hydrogen-bond acceptors (Lipinski definition) is 6. The average Bonchev–Trinajstić information content (AvgIpc) is 3.28. The van der Waals surface area contributed by atoms with Gasteiger partial charge in [0.15, 0.2) is 11.5 Å². The molecule has 1 saturated carbocycles. The van der Waals surface area contributed by atoms with Gasteiger partial charge in [-0.3, -0.25) is 9.69 Å². The van der Waals surface area contributed by atoms with Crippen molar-refractivity contribution in [3.63, 3.8) is 0 Å². The van der Waals surface area contributed by atoms with Gasteiger partial charge in [-0.15, -0.1) is 15.3 Å². The van der Waals surface area contributed by atoms with E-state index >= 15 is 0 Å². The van der Waals surface area contributed by atoms with E-state index in [9.17, 15) is 4.79 Å². The zero-order valence-corrected chi connectivity index (χ0v) is 15.4. The molecular formula is C18H25N7O. The van der Waals surface area contributed by atoms with Crippen LogP contribution in [0.4, 0.5) is 5.82 Å². The van der Waals surface area contributed by atoms with Gasteiger partial charge in [0, 0.05) is 51.1 Å². The van der Waals surface area contributed by atoms with Crippen molar-refractivity contribution in [3.8, 4) is 0 Å². The Bertz CT molecular complexity index is 839. The normalized spacial score (nSPS) is 24.1. The van der Waals surface area contributed by atoms with Crippen LogP contribution in [-0.4, -0.2) is 81.3 Å². The van der Waals surface area contributed by atoms with E-state index in [1.165, 1.54) is 12.8 Å². The first-order valence-electron chi connectivity index (χ1n) is 9.53. The number of carbonyl (C=O) groups is 1. The minimum absolute atomic E-state index is 0.275. The summed E-state index contributed by atoms with van der Waals surface area (Å²) in [6.07, 6.45) is 4.06. The molecule has 2 saturated heterocycles. The topological polar surface area (TPSA) is 69.9 Å². The van der Waals surface area contributed by atoms with Crippen LogP contribution >= 0.6 is 0 Å². The molecule has 0 radical (unpaired) electrons. The lowest BCUT2D eigenvalue weighted by Gasteiger charge is -2.45. The highest BCUT2D eigenvalue weighted by Gasteiger charge is 2.35. The van der Waals surface area contributed by atoms with Gasteiger partial charge < -0.3 is 9.80 Å². The molecule has 5 rings (SSSR count). The highest BCUT2D eigenvalue weighted by atomic mass is 16.2. The number of amides is 1. The number of carbonyl (C=O) groups excluding carboxylic acids is 1. The van der Waals surface area contributed by atoms with E-state index in [-0.39, 0.29) is 5.91 Å². The number of aromatic nitrogens is 4. The van der Waals surface area contributed by atoms with E-state index in [1.807, 2.05) is 28.6 Å². The molecule has 0 bridgehead atoms. The first kappa shape index (κ1) is 16.0. The van der Waals surface area contributed by atoms with Gasteiger partial charge in [-0.1, -0.05) is 0 Å². The largest absolute Gasteiger partial charge is 0.352 e. The second kappa shape index (κ2) is 5.90. The number of likely N-dealkylation sites (N-methyl/N-ethyl adjacent to an activating group) is 2. The van der Waals surface area contributed by atoms with Crippen molar-refractivity contribution in [2.24, 2.45) is 0 Å². The quantitative estimate of drug-likeness (QED) is 0.788. The first-order chi connectivity index (χ1) is 12.6. The summed E-state index contributed by atoms with van der Waals surface area (Å²) in [4.78, 5) is 18.3. The van der Waals surface area contributed by atoms with Gasteiger partial charge in [-0.25, -0.2) is 0 Å². The van der Waals surface area contributed by atoms with E-state index in [0.717, 1.165) is 43.3 Å². The van der Waals surface area contributed by atoms with Crippen LogP contribution in [0.1, 0.15) is 37.4 Å². The maximum absolute atomic E-state index is 11.7. The third-order valence-corrected chi connectivity index (χ3v) is 6.16. The average molecular weight is 355 g/mol. The minimum Gasteiger partial charge on any atom is -0.352 e. The molecular weight excluding hydrogens is 330 g/mol. The van der Waals surface area contributed by atoms with Crippen molar-refractivity contribution >= 4 is 17.4 Å². The van der Waals surface area contributed by atoms with Gasteiger partial charge >= 0.3 is 0 Å². The molecule has 1 unspecified atom stereocenters. The van der Waals surface area contributed by atoms with Crippen molar-refractivity contribution in [3.05, 3.63) is 18.0 Å². The summed E-state index contributed by atoms with van der Waals surface area (Å²) in [6.45, 7) is 2.89. The molecule has 0 N–H and O–H groups in total. The summed E-state index contributed by atoms with van der Waals surface area (Å²) in [7, 11) is 4.09. The van der Waals surface area contributed by atoms with Crippen molar-refractivity contribution in [1.82, 2.24) is 29.6 Å². The van der Waals surface area contributed by atoms with E-state index in [2.05, 4.69) is 27.0 Å². The fraction of sp³-hybridized carbons (Fsp3) is 0.667. The van der Waals surface area contributed by atoms with Gasteiger partial charge in [-0.2, -0.15) is 4.52 Å². The van der Waals surface area contributed by atoms with Crippen LogP contribution in [0.3, 0.4) is 0 Å². The van der Waals surface area contributed by atoms with Crippen molar-refractivity contribution in [1.29, 1.82) is 0 Å². The lowest BCUT2D eigenvalue weighted by atomic mass is 10.1. The summed E-state index contributed by atoms with van der Waals surface area (Å²) >= 11 is 0. The summed E-state index contributed by atoms with van der Waals surface area (Å²) < 4.78 is 1.92. The van der Waals surface area contributed by atoms with Crippen molar-refractivity contribution in [2.75, 3.05) is 38.6 Å². The fourth-order valence-corrected chi connectivity index (χ4v) is 4.04. The first-order valence-corrected chi connectivity index (χ1v) is 9.53. The Hall–Kier alpha value is -2.22. The molecule has 4 heterocycles. The molecule has 0 spiro atoms. The number of rotatable bonds is 5. The second-order valence-corrected chi connectivity index (χ2v) is 7.99. The Labute approximate surface area is 152 Å². The van der Waals surface area contributed by atoms with Crippen LogP contribution < -0.4 is 4.90 Å². The van der Waals surface area contributed by atoms with Crippen LogP contribution in [0.2, 0.25) is 0 Å². The summed E-state index contributed by atoms with van der Waals surface area (Å²) in [5.74, 6) is 2.81. The molecule has 1 atom stereocenters. The Balaban J connectivity index is 1.23. The SMILES string of the molecule is CN(CC1CCC(=O)N1C)C1CN(c2ccc3nnc(C4CC4)n3n2)C1. The van der Waals surface area contributed by atoms with E-state index < -0.39 is 0 Å². The van der Waals surface area contributed by atoms with E-state index in [4.69, 9.17) is 5.10 Å². The summed E-state index contributed by atoms with van der Waals surface area (Å²) in [5, 5.41) is 13.3. The van der Waals surface area contributed by atoms with Gasteiger partial charge in [0.25, 0.3) is 0 Å². The Morgan fingerprint density at radius 2 is 2.00 bits per heavy atom. The van der Waals surface area contributed by atoms with Crippen LogP contribution in [0.5, 0.6) is 0 Å². The Morgan fingerprint density at radius 1 is 1.19 bits per heavy atom. The highest BCUT2D eigenvalue weighted by molar-refractivity contribution is 5.78. The molecule has 2 aromatic rings. The molecule has 2 aromatic heterocycles. The predicted molar refractivity (Wildman–Crippen MR) is 97.2 cm³/mol. The molecule has 138 valence electrons. The summed E-state index contributed by atoms with van der Waals surface area (Å²) in [5.41, 5.74) is 0.832. The van der Waals surface area contributed by atoms with E-state index in [0.29, 0.717) is 24.4 Å². The standard InChI is InChI=1S/C18H25N7O/c1-22(9-13-5-8-17(26)23(13)2)14-10-24(11-14)16-7-6-15-19-20-18(12-3-4-12)25(15)21-16/h6-7,12-14H,3-5,8-11H2,1-2H3. The molecule has 1 aliphatic carbocycles. The minimum atomic E-state index is 0.275. The summed E-state index contributed by atoms with van der Waals surface area (Å²) in [6, 6.07) is 4.92. The Morgan fingerprint density at radius 3 is 2.69 bits per heavy atom. The molecule has 8 nitrogen and oxygen atoms in total. The third-order valence-electron chi connectivity index (χ3n) is 6.16. The number of likely N-dealkylation sites (tertiary alicyclic amines) is 1. The van der Waals surface area contributed by atoms with Crippen LogP contribution in [0, 0.1) is 0 Å². The molecule has 0 aromatic carbocycles. The lowest BCUT2D eigenvalue weighted by molar-refractivity contribution is -0.127. The van der Waals surface area contributed by atoms with Gasteiger partial charge in [0.05, 0.1) is 0 Å².